The Morgan fingerprint density at radius 3 is 2.60 bits per heavy atom. The Morgan fingerprint density at radius 2 is 2.00 bits per heavy atom. The van der Waals surface area contributed by atoms with Gasteiger partial charge in [0.15, 0.2) is 0 Å². The first-order valence-corrected chi connectivity index (χ1v) is 6.83. The third-order valence-electron chi connectivity index (χ3n) is 3.36. The number of hydrogen-bond donors (Lipinski definition) is 2. The van der Waals surface area contributed by atoms with E-state index in [0.717, 1.165) is 31.6 Å². The Hall–Kier alpha value is -1.95. The van der Waals surface area contributed by atoms with Gasteiger partial charge in [0.1, 0.15) is 0 Å². The van der Waals surface area contributed by atoms with Gasteiger partial charge in [-0.3, -0.25) is 9.78 Å². The van der Waals surface area contributed by atoms with Gasteiger partial charge in [-0.05, 0) is 31.4 Å². The number of aromatic carboxylic acids is 1. The average Bonchev–Trinajstić information content (AvgIpc) is 2.48. The third-order valence-corrected chi connectivity index (χ3v) is 3.36. The molecule has 0 bridgehead atoms. The number of hydrogen-bond acceptors (Lipinski definition) is 4. The molecule has 0 aliphatic carbocycles. The van der Waals surface area contributed by atoms with Gasteiger partial charge in [-0.2, -0.15) is 0 Å². The molecule has 0 spiro atoms. The van der Waals surface area contributed by atoms with Crippen LogP contribution in [-0.2, 0) is 11.3 Å². The van der Waals surface area contributed by atoms with E-state index in [4.69, 9.17) is 5.11 Å². The first kappa shape index (κ1) is 14.5. The van der Waals surface area contributed by atoms with Crippen LogP contribution in [0.4, 0.5) is 0 Å². The lowest BCUT2D eigenvalue weighted by Crippen LogP contribution is -2.41. The van der Waals surface area contributed by atoms with Crippen LogP contribution in [0.15, 0.2) is 18.3 Å². The van der Waals surface area contributed by atoms with Crippen LogP contribution in [0.1, 0.15) is 35.3 Å². The van der Waals surface area contributed by atoms with Crippen molar-refractivity contribution in [2.24, 2.45) is 0 Å². The molecule has 0 radical (unpaired) electrons. The van der Waals surface area contributed by atoms with Crippen LogP contribution < -0.4 is 5.32 Å². The van der Waals surface area contributed by atoms with Crippen molar-refractivity contribution in [1.82, 2.24) is 15.2 Å². The lowest BCUT2D eigenvalue weighted by Gasteiger charge is -2.26. The van der Waals surface area contributed by atoms with Gasteiger partial charge in [-0.15, -0.1) is 0 Å². The van der Waals surface area contributed by atoms with Crippen LogP contribution in [0.2, 0.25) is 0 Å². The number of pyridine rings is 1. The van der Waals surface area contributed by atoms with Crippen molar-refractivity contribution < 1.29 is 14.7 Å². The summed E-state index contributed by atoms with van der Waals surface area (Å²) < 4.78 is 0. The van der Waals surface area contributed by atoms with Gasteiger partial charge >= 0.3 is 5.97 Å². The number of nitrogens with one attached hydrogen (secondary N) is 1. The van der Waals surface area contributed by atoms with Crippen molar-refractivity contribution in [3.05, 3.63) is 29.6 Å². The molecule has 1 fully saturated rings. The highest BCUT2D eigenvalue weighted by Gasteiger charge is 2.15. The molecule has 0 atom stereocenters. The first-order chi connectivity index (χ1) is 9.66. The first-order valence-electron chi connectivity index (χ1n) is 6.83. The summed E-state index contributed by atoms with van der Waals surface area (Å²) in [7, 11) is 0. The molecule has 6 nitrogen and oxygen atoms in total. The highest BCUT2D eigenvalue weighted by molar-refractivity contribution is 5.87. The molecular weight excluding hydrogens is 258 g/mol. The molecule has 1 aromatic heterocycles. The van der Waals surface area contributed by atoms with Gasteiger partial charge in [0, 0.05) is 25.8 Å². The SMILES string of the molecule is O=C(O)c1ccc(CNCC(=O)N2CCCCC2)nc1. The summed E-state index contributed by atoms with van der Waals surface area (Å²) in [6.45, 7) is 2.46. The average molecular weight is 277 g/mol. The zero-order valence-electron chi connectivity index (χ0n) is 11.3. The second kappa shape index (κ2) is 7.00. The van der Waals surface area contributed by atoms with E-state index in [9.17, 15) is 9.59 Å². The zero-order valence-corrected chi connectivity index (χ0v) is 11.3. The molecule has 1 aliphatic heterocycles. The van der Waals surface area contributed by atoms with Crippen LogP contribution in [0.25, 0.3) is 0 Å². The Kier molecular flexibility index (Phi) is 5.06. The maximum atomic E-state index is 11.9. The number of piperidine rings is 1. The minimum Gasteiger partial charge on any atom is -0.478 e. The van der Waals surface area contributed by atoms with E-state index in [1.807, 2.05) is 4.90 Å². The fraction of sp³-hybridized carbons (Fsp3) is 0.500. The van der Waals surface area contributed by atoms with Crippen molar-refractivity contribution >= 4 is 11.9 Å². The molecule has 1 aliphatic rings. The quantitative estimate of drug-likeness (QED) is 0.835. The van der Waals surface area contributed by atoms with Crippen LogP contribution in [0.5, 0.6) is 0 Å². The number of carboxylic acid groups (broad SMARTS) is 1. The number of rotatable bonds is 5. The Balaban J connectivity index is 1.74. The van der Waals surface area contributed by atoms with E-state index in [-0.39, 0.29) is 11.5 Å². The largest absolute Gasteiger partial charge is 0.478 e. The van der Waals surface area contributed by atoms with Crippen LogP contribution >= 0.6 is 0 Å². The molecule has 2 heterocycles. The smallest absolute Gasteiger partial charge is 0.337 e. The molecule has 2 N–H and O–H groups in total. The fourth-order valence-corrected chi connectivity index (χ4v) is 2.21. The van der Waals surface area contributed by atoms with E-state index < -0.39 is 5.97 Å². The third kappa shape index (κ3) is 4.03. The number of amides is 1. The molecule has 20 heavy (non-hydrogen) atoms. The fourth-order valence-electron chi connectivity index (χ4n) is 2.21. The van der Waals surface area contributed by atoms with Gasteiger partial charge in [-0.1, -0.05) is 0 Å². The maximum absolute atomic E-state index is 11.9. The second-order valence-electron chi connectivity index (χ2n) is 4.89. The van der Waals surface area contributed by atoms with Crippen molar-refractivity contribution in [3.63, 3.8) is 0 Å². The predicted octanol–water partition coefficient (Wildman–Crippen LogP) is 0.882. The Labute approximate surface area is 117 Å². The highest BCUT2D eigenvalue weighted by atomic mass is 16.4. The molecule has 1 saturated heterocycles. The molecule has 2 rings (SSSR count). The molecule has 1 amide bonds. The number of aromatic nitrogens is 1. The van der Waals surface area contributed by atoms with Gasteiger partial charge in [0.2, 0.25) is 5.91 Å². The highest BCUT2D eigenvalue weighted by Crippen LogP contribution is 2.08. The van der Waals surface area contributed by atoms with Gasteiger partial charge in [-0.25, -0.2) is 4.79 Å². The molecule has 0 aromatic carbocycles. The predicted molar refractivity (Wildman–Crippen MR) is 73.3 cm³/mol. The summed E-state index contributed by atoms with van der Waals surface area (Å²) in [5.74, 6) is -0.871. The summed E-state index contributed by atoms with van der Waals surface area (Å²) in [5.41, 5.74) is 0.889. The lowest BCUT2D eigenvalue weighted by molar-refractivity contribution is -0.131. The molecule has 0 unspecified atom stereocenters. The molecular formula is C14H19N3O3. The minimum absolute atomic E-state index is 0.117. The van der Waals surface area contributed by atoms with Crippen molar-refractivity contribution in [1.29, 1.82) is 0 Å². The Bertz CT molecular complexity index is 467. The Morgan fingerprint density at radius 1 is 1.25 bits per heavy atom. The topological polar surface area (TPSA) is 82.5 Å². The summed E-state index contributed by atoms with van der Waals surface area (Å²) in [6, 6.07) is 3.17. The molecule has 0 saturated carbocycles. The lowest BCUT2D eigenvalue weighted by atomic mass is 10.1. The van der Waals surface area contributed by atoms with E-state index in [0.29, 0.717) is 13.1 Å². The minimum atomic E-state index is -0.989. The summed E-state index contributed by atoms with van der Waals surface area (Å²) in [6.07, 6.45) is 4.71. The number of carbonyl (C=O) groups is 2. The van der Waals surface area contributed by atoms with Gasteiger partial charge < -0.3 is 15.3 Å². The van der Waals surface area contributed by atoms with E-state index >= 15 is 0 Å². The van der Waals surface area contributed by atoms with Crippen LogP contribution in [-0.4, -0.2) is 46.5 Å². The molecule has 6 heteroatoms. The van der Waals surface area contributed by atoms with Gasteiger partial charge in [0.05, 0.1) is 17.8 Å². The van der Waals surface area contributed by atoms with Gasteiger partial charge in [0.25, 0.3) is 0 Å². The van der Waals surface area contributed by atoms with Crippen molar-refractivity contribution in [3.8, 4) is 0 Å². The van der Waals surface area contributed by atoms with E-state index in [1.54, 1.807) is 6.07 Å². The maximum Gasteiger partial charge on any atom is 0.337 e. The number of nitrogens with zero attached hydrogens (tertiary/aromatic N) is 2. The van der Waals surface area contributed by atoms with Crippen LogP contribution in [0.3, 0.4) is 0 Å². The zero-order chi connectivity index (χ0) is 14.4. The normalized spacial score (nSPS) is 15.1. The molecule has 1 aromatic rings. The van der Waals surface area contributed by atoms with Crippen molar-refractivity contribution in [2.45, 2.75) is 25.8 Å². The number of carboxylic acids is 1. The summed E-state index contributed by atoms with van der Waals surface area (Å²) in [4.78, 5) is 28.5. The van der Waals surface area contributed by atoms with E-state index in [2.05, 4.69) is 10.3 Å². The standard InChI is InChI=1S/C14H19N3O3/c18-13(17-6-2-1-3-7-17)10-15-9-12-5-4-11(8-16-12)14(19)20/h4-5,8,15H,1-3,6-7,9-10H2,(H,19,20). The van der Waals surface area contributed by atoms with Crippen LogP contribution in [0, 0.1) is 0 Å². The van der Waals surface area contributed by atoms with E-state index in [1.165, 1.54) is 18.7 Å². The number of carbonyl (C=O) groups excluding carboxylic acids is 1. The summed E-state index contributed by atoms with van der Waals surface area (Å²) in [5, 5.41) is 11.8. The monoisotopic (exact) mass is 277 g/mol. The molecule has 108 valence electrons. The van der Waals surface area contributed by atoms with Crippen molar-refractivity contribution in [2.75, 3.05) is 19.6 Å². The summed E-state index contributed by atoms with van der Waals surface area (Å²) >= 11 is 0. The number of likely N-dealkylation sites (tertiary alicyclic amines) is 1. The second-order valence-corrected chi connectivity index (χ2v) is 4.89.